The summed E-state index contributed by atoms with van der Waals surface area (Å²) in [4.78, 5) is 26.3. The minimum absolute atomic E-state index is 0.0854. The van der Waals surface area contributed by atoms with Crippen molar-refractivity contribution in [2.45, 2.75) is 85.2 Å². The normalized spacial score (nSPS) is 26.3. The van der Waals surface area contributed by atoms with E-state index in [1.165, 1.54) is 0 Å². The number of hydrogen-bond donors (Lipinski definition) is 2. The minimum Gasteiger partial charge on any atom is -0.481 e. The summed E-state index contributed by atoms with van der Waals surface area (Å²) < 4.78 is 0. The van der Waals surface area contributed by atoms with Crippen LogP contribution in [-0.2, 0) is 16.8 Å². The topological polar surface area (TPSA) is 69.6 Å². The van der Waals surface area contributed by atoms with E-state index in [9.17, 15) is 14.7 Å². The van der Waals surface area contributed by atoms with Crippen molar-refractivity contribution in [3.05, 3.63) is 46.1 Å². The van der Waals surface area contributed by atoms with Crippen LogP contribution >= 0.6 is 11.6 Å². The van der Waals surface area contributed by atoms with E-state index in [-0.39, 0.29) is 29.3 Å². The molecule has 0 bridgehead atoms. The third-order valence-electron chi connectivity index (χ3n) is 6.99. The average molecular weight is 461 g/mol. The van der Waals surface area contributed by atoms with Crippen LogP contribution in [-0.4, -0.2) is 28.0 Å². The van der Waals surface area contributed by atoms with E-state index in [0.717, 1.165) is 34.6 Å². The molecule has 1 aromatic carbocycles. The Morgan fingerprint density at radius 3 is 2.53 bits per heavy atom. The van der Waals surface area contributed by atoms with Gasteiger partial charge in [0.15, 0.2) is 0 Å². The highest BCUT2D eigenvalue weighted by Gasteiger charge is 2.43. The monoisotopic (exact) mass is 460 g/mol. The predicted molar refractivity (Wildman–Crippen MR) is 129 cm³/mol. The van der Waals surface area contributed by atoms with Crippen LogP contribution in [0.1, 0.15) is 78.4 Å². The van der Waals surface area contributed by atoms with Crippen LogP contribution in [0.2, 0.25) is 5.02 Å². The van der Waals surface area contributed by atoms with Gasteiger partial charge < -0.3 is 10.4 Å². The molecule has 0 unspecified atom stereocenters. The van der Waals surface area contributed by atoms with Crippen LogP contribution in [0.3, 0.4) is 0 Å². The molecule has 1 aromatic rings. The van der Waals surface area contributed by atoms with Gasteiger partial charge in [-0.3, -0.25) is 9.69 Å². The number of benzene rings is 1. The molecule has 2 amide bonds. The molecule has 0 aromatic heterocycles. The molecule has 0 radical (unpaired) electrons. The standard InChI is InChI=1S/C26H37ClN2O3/c1-16(2)21-15-29(20-10-8-18(13-20)23(30)31)24(32)28-26(21,6)19-9-7-17(22(27)14-19)11-12-25(3,4)5/h7,9,14-16,18,20H,8,10-13H2,1-6H3,(H,28,32)(H,30,31)/t18-,20+,26-/m0/s1. The van der Waals surface area contributed by atoms with Gasteiger partial charge in [-0.1, -0.05) is 58.4 Å². The molecule has 1 aliphatic carbocycles. The summed E-state index contributed by atoms with van der Waals surface area (Å²) in [6, 6.07) is 5.88. The Bertz CT molecular complexity index is 918. The van der Waals surface area contributed by atoms with Gasteiger partial charge in [0.05, 0.1) is 11.5 Å². The summed E-state index contributed by atoms with van der Waals surface area (Å²) in [6.45, 7) is 12.9. The van der Waals surface area contributed by atoms with Gasteiger partial charge in [0.2, 0.25) is 0 Å². The lowest BCUT2D eigenvalue weighted by atomic mass is 9.77. The molecule has 3 atom stereocenters. The maximum Gasteiger partial charge on any atom is 0.322 e. The Hall–Kier alpha value is -2.01. The first-order chi connectivity index (χ1) is 14.8. The summed E-state index contributed by atoms with van der Waals surface area (Å²) in [7, 11) is 0. The van der Waals surface area contributed by atoms with E-state index in [1.807, 2.05) is 19.2 Å². The van der Waals surface area contributed by atoms with Crippen LogP contribution < -0.4 is 5.32 Å². The number of hydrogen-bond acceptors (Lipinski definition) is 2. The third kappa shape index (κ3) is 5.14. The highest BCUT2D eigenvalue weighted by atomic mass is 35.5. The highest BCUT2D eigenvalue weighted by molar-refractivity contribution is 6.31. The van der Waals surface area contributed by atoms with E-state index >= 15 is 0 Å². The Kier molecular flexibility index (Phi) is 6.99. The fraction of sp³-hybridized carbons (Fsp3) is 0.615. The zero-order valence-corrected chi connectivity index (χ0v) is 20.9. The fourth-order valence-corrected chi connectivity index (χ4v) is 5.21. The zero-order chi connectivity index (χ0) is 23.8. The van der Waals surface area contributed by atoms with E-state index in [1.54, 1.807) is 4.90 Å². The molecule has 32 heavy (non-hydrogen) atoms. The van der Waals surface area contributed by atoms with E-state index in [2.05, 4.69) is 52.1 Å². The molecule has 1 aliphatic heterocycles. The number of nitrogens with one attached hydrogen (secondary N) is 1. The van der Waals surface area contributed by atoms with Gasteiger partial charge in [0, 0.05) is 17.3 Å². The van der Waals surface area contributed by atoms with Crippen LogP contribution in [0.25, 0.3) is 0 Å². The van der Waals surface area contributed by atoms with Crippen molar-refractivity contribution in [3.8, 4) is 0 Å². The molecule has 6 heteroatoms. The number of halogens is 1. The quantitative estimate of drug-likeness (QED) is 0.519. The van der Waals surface area contributed by atoms with Crippen LogP contribution in [0.15, 0.2) is 30.0 Å². The number of urea groups is 1. The highest BCUT2D eigenvalue weighted by Crippen LogP contribution is 2.41. The number of carboxylic acid groups (broad SMARTS) is 1. The second-order valence-electron chi connectivity index (χ2n) is 11.1. The predicted octanol–water partition coefficient (Wildman–Crippen LogP) is 6.35. The molecule has 0 saturated heterocycles. The molecule has 2 N–H and O–H groups in total. The second-order valence-corrected chi connectivity index (χ2v) is 11.5. The number of carboxylic acids is 1. The van der Waals surface area contributed by atoms with Gasteiger partial charge in [-0.05, 0) is 73.1 Å². The number of carbonyl (C=O) groups excluding carboxylic acids is 1. The largest absolute Gasteiger partial charge is 0.481 e. The molecular weight excluding hydrogens is 424 g/mol. The number of aliphatic carboxylic acids is 1. The number of amides is 2. The van der Waals surface area contributed by atoms with Crippen molar-refractivity contribution in [2.24, 2.45) is 17.3 Å². The third-order valence-corrected chi connectivity index (χ3v) is 7.34. The number of rotatable bonds is 6. The maximum absolute atomic E-state index is 13.2. The van der Waals surface area contributed by atoms with Gasteiger partial charge in [-0.2, -0.15) is 0 Å². The lowest BCUT2D eigenvalue weighted by Gasteiger charge is -2.44. The molecule has 0 spiro atoms. The van der Waals surface area contributed by atoms with Gasteiger partial charge >= 0.3 is 12.0 Å². The van der Waals surface area contributed by atoms with E-state index in [0.29, 0.717) is 19.3 Å². The lowest BCUT2D eigenvalue weighted by Crippen LogP contribution is -2.56. The Morgan fingerprint density at radius 2 is 2.00 bits per heavy atom. The van der Waals surface area contributed by atoms with Crippen molar-refractivity contribution in [1.82, 2.24) is 10.2 Å². The second kappa shape index (κ2) is 9.09. The van der Waals surface area contributed by atoms with Crippen LogP contribution in [0, 0.1) is 17.3 Å². The van der Waals surface area contributed by atoms with Gasteiger partial charge in [-0.15, -0.1) is 0 Å². The van der Waals surface area contributed by atoms with Crippen LogP contribution in [0.4, 0.5) is 4.79 Å². The Labute approximate surface area is 197 Å². The van der Waals surface area contributed by atoms with E-state index in [4.69, 9.17) is 11.6 Å². The first-order valence-electron chi connectivity index (χ1n) is 11.7. The van der Waals surface area contributed by atoms with Gasteiger partial charge in [0.1, 0.15) is 0 Å². The van der Waals surface area contributed by atoms with Gasteiger partial charge in [-0.25, -0.2) is 4.79 Å². The first-order valence-corrected chi connectivity index (χ1v) is 12.0. The molecule has 2 aliphatic rings. The van der Waals surface area contributed by atoms with Crippen LogP contribution in [0.5, 0.6) is 0 Å². The zero-order valence-electron chi connectivity index (χ0n) is 20.2. The molecule has 1 heterocycles. The first kappa shape index (κ1) is 24.6. The summed E-state index contributed by atoms with van der Waals surface area (Å²) in [6.07, 6.45) is 5.73. The van der Waals surface area contributed by atoms with Gasteiger partial charge in [0.25, 0.3) is 0 Å². The van der Waals surface area contributed by atoms with Crippen molar-refractivity contribution >= 4 is 23.6 Å². The summed E-state index contributed by atoms with van der Waals surface area (Å²) in [5, 5.41) is 13.3. The Morgan fingerprint density at radius 1 is 1.31 bits per heavy atom. The SMILES string of the molecule is CC(C)C1=CN([C@@H]2CC[C@H](C(=O)O)C2)C(=O)N[C@@]1(C)c1ccc(CCC(C)(C)C)c(Cl)c1. The number of carbonyl (C=O) groups is 2. The Balaban J connectivity index is 1.90. The smallest absolute Gasteiger partial charge is 0.322 e. The molecule has 1 fully saturated rings. The molecule has 5 nitrogen and oxygen atoms in total. The molecule has 3 rings (SSSR count). The summed E-state index contributed by atoms with van der Waals surface area (Å²) in [5.41, 5.74) is 2.75. The minimum atomic E-state index is -0.774. The average Bonchev–Trinajstić information content (AvgIpc) is 3.16. The van der Waals surface area contributed by atoms with Crippen molar-refractivity contribution in [1.29, 1.82) is 0 Å². The lowest BCUT2D eigenvalue weighted by molar-refractivity contribution is -0.141. The molecule has 1 saturated carbocycles. The molecule has 176 valence electrons. The summed E-state index contributed by atoms with van der Waals surface area (Å²) in [5.74, 6) is -0.959. The van der Waals surface area contributed by atoms with Crippen molar-refractivity contribution in [3.63, 3.8) is 0 Å². The number of nitrogens with zero attached hydrogens (tertiary/aromatic N) is 1. The molecular formula is C26H37ClN2O3. The fourth-order valence-electron chi connectivity index (χ4n) is 4.93. The van der Waals surface area contributed by atoms with Crippen molar-refractivity contribution in [2.75, 3.05) is 0 Å². The number of aryl methyl sites for hydroxylation is 1. The maximum atomic E-state index is 13.2. The van der Waals surface area contributed by atoms with E-state index < -0.39 is 11.5 Å². The summed E-state index contributed by atoms with van der Waals surface area (Å²) >= 11 is 6.68. The van der Waals surface area contributed by atoms with Crippen molar-refractivity contribution < 1.29 is 14.7 Å².